The van der Waals surface area contributed by atoms with Gasteiger partial charge in [0.1, 0.15) is 11.6 Å². The number of anilines is 12. The standard InChI is InChI=1S/C46H32N6/c1-3-15-35(16-4-1)49-37-19-7-11-23-41(37)51(42-24-12-8-20-38(42)49)45-31-33(27-29-47-45)34-28-30-48-46(32-34)52-43-25-13-9-21-39(43)50(36-17-5-2-6-18-36)40-22-10-14-26-44(40)52/h1-32H. The van der Waals surface area contributed by atoms with Crippen LogP contribution in [0.5, 0.6) is 0 Å². The van der Waals surface area contributed by atoms with Crippen molar-refractivity contribution in [3.8, 4) is 11.1 Å². The molecule has 4 heterocycles. The fourth-order valence-corrected chi connectivity index (χ4v) is 7.53. The predicted octanol–water partition coefficient (Wildman–Crippen LogP) is 12.6. The Morgan fingerprint density at radius 3 is 0.846 bits per heavy atom. The largest absolute Gasteiger partial charge is 0.306 e. The predicted molar refractivity (Wildman–Crippen MR) is 213 cm³/mol. The molecule has 0 fully saturated rings. The van der Waals surface area contributed by atoms with Crippen molar-refractivity contribution in [2.45, 2.75) is 0 Å². The maximum atomic E-state index is 4.97. The van der Waals surface area contributed by atoms with E-state index >= 15 is 0 Å². The van der Waals surface area contributed by atoms with Crippen LogP contribution in [0.1, 0.15) is 0 Å². The molecular formula is C46H32N6. The average Bonchev–Trinajstić information content (AvgIpc) is 3.22. The summed E-state index contributed by atoms with van der Waals surface area (Å²) in [6.07, 6.45) is 3.81. The number of hydrogen-bond acceptors (Lipinski definition) is 6. The summed E-state index contributed by atoms with van der Waals surface area (Å²) >= 11 is 0. The van der Waals surface area contributed by atoms with E-state index in [2.05, 4.69) is 202 Å². The first-order valence-corrected chi connectivity index (χ1v) is 17.4. The van der Waals surface area contributed by atoms with Gasteiger partial charge in [0.15, 0.2) is 0 Å². The first-order chi connectivity index (χ1) is 25.8. The summed E-state index contributed by atoms with van der Waals surface area (Å²) in [4.78, 5) is 19.1. The maximum absolute atomic E-state index is 4.97. The molecule has 0 saturated heterocycles. The molecule has 8 aromatic rings. The van der Waals surface area contributed by atoms with E-state index in [-0.39, 0.29) is 0 Å². The van der Waals surface area contributed by atoms with Crippen LogP contribution in [0.4, 0.5) is 68.5 Å². The summed E-state index contributed by atoms with van der Waals surface area (Å²) in [5.74, 6) is 1.69. The highest BCUT2D eigenvalue weighted by molar-refractivity contribution is 6.02. The van der Waals surface area contributed by atoms with Gasteiger partial charge in [-0.3, -0.25) is 9.80 Å². The summed E-state index contributed by atoms with van der Waals surface area (Å²) in [7, 11) is 0. The minimum Gasteiger partial charge on any atom is -0.306 e. The third kappa shape index (κ3) is 4.81. The van der Waals surface area contributed by atoms with Crippen LogP contribution in [0.15, 0.2) is 194 Å². The smallest absolute Gasteiger partial charge is 0.138 e. The van der Waals surface area contributed by atoms with Gasteiger partial charge in [0.05, 0.1) is 45.5 Å². The lowest BCUT2D eigenvalue weighted by Gasteiger charge is -2.40. The number of rotatable bonds is 5. The number of para-hydroxylation sites is 10. The van der Waals surface area contributed by atoms with E-state index in [4.69, 9.17) is 9.97 Å². The number of benzene rings is 6. The van der Waals surface area contributed by atoms with Gasteiger partial charge in [-0.05, 0) is 108 Å². The molecule has 0 bridgehead atoms. The van der Waals surface area contributed by atoms with Crippen molar-refractivity contribution in [2.75, 3.05) is 19.6 Å². The van der Waals surface area contributed by atoms with E-state index in [9.17, 15) is 0 Å². The molecule has 2 aromatic heterocycles. The Kier molecular flexibility index (Phi) is 7.03. The van der Waals surface area contributed by atoms with Gasteiger partial charge in [-0.2, -0.15) is 0 Å². The first-order valence-electron chi connectivity index (χ1n) is 17.4. The zero-order chi connectivity index (χ0) is 34.4. The summed E-state index contributed by atoms with van der Waals surface area (Å²) in [5, 5.41) is 0. The molecule has 0 aliphatic carbocycles. The molecular weight excluding hydrogens is 637 g/mol. The van der Waals surface area contributed by atoms with Crippen LogP contribution >= 0.6 is 0 Å². The van der Waals surface area contributed by atoms with Crippen molar-refractivity contribution in [3.05, 3.63) is 194 Å². The van der Waals surface area contributed by atoms with Crippen LogP contribution in [0.25, 0.3) is 11.1 Å². The van der Waals surface area contributed by atoms with Crippen LogP contribution in [-0.2, 0) is 0 Å². The minimum atomic E-state index is 0.843. The Morgan fingerprint density at radius 1 is 0.269 bits per heavy atom. The van der Waals surface area contributed by atoms with Gasteiger partial charge in [0, 0.05) is 23.8 Å². The Balaban J connectivity index is 1.08. The highest BCUT2D eigenvalue weighted by Crippen LogP contribution is 2.55. The molecule has 10 rings (SSSR count). The molecule has 6 nitrogen and oxygen atoms in total. The summed E-state index contributed by atoms with van der Waals surface area (Å²) in [6.45, 7) is 0. The number of hydrogen-bond donors (Lipinski definition) is 0. The zero-order valence-corrected chi connectivity index (χ0v) is 28.2. The highest BCUT2D eigenvalue weighted by Gasteiger charge is 2.32. The molecule has 6 heteroatoms. The molecule has 0 atom stereocenters. The Bertz CT molecular complexity index is 2290. The lowest BCUT2D eigenvalue weighted by atomic mass is 10.0. The molecule has 6 aromatic carbocycles. The molecule has 0 unspecified atom stereocenters. The second-order valence-corrected chi connectivity index (χ2v) is 12.8. The van der Waals surface area contributed by atoms with Crippen molar-refractivity contribution in [2.24, 2.45) is 0 Å². The fraction of sp³-hybridized carbons (Fsp3) is 0. The minimum absolute atomic E-state index is 0.843. The summed E-state index contributed by atoms with van der Waals surface area (Å²) < 4.78 is 0. The van der Waals surface area contributed by atoms with Gasteiger partial charge in [0.2, 0.25) is 0 Å². The molecule has 2 aliphatic heterocycles. The molecule has 0 N–H and O–H groups in total. The number of aromatic nitrogens is 2. The molecule has 246 valence electrons. The van der Waals surface area contributed by atoms with Gasteiger partial charge >= 0.3 is 0 Å². The van der Waals surface area contributed by atoms with E-state index in [1.807, 2.05) is 12.4 Å². The van der Waals surface area contributed by atoms with Gasteiger partial charge in [0.25, 0.3) is 0 Å². The average molecular weight is 669 g/mol. The van der Waals surface area contributed by atoms with Crippen molar-refractivity contribution >= 4 is 68.5 Å². The van der Waals surface area contributed by atoms with E-state index < -0.39 is 0 Å². The van der Waals surface area contributed by atoms with Crippen molar-refractivity contribution < 1.29 is 0 Å². The Labute approximate surface area is 302 Å². The molecule has 0 amide bonds. The van der Waals surface area contributed by atoms with E-state index in [1.54, 1.807) is 0 Å². The Morgan fingerprint density at radius 2 is 0.538 bits per heavy atom. The van der Waals surface area contributed by atoms with E-state index in [0.717, 1.165) is 79.6 Å². The third-order valence-corrected chi connectivity index (χ3v) is 9.77. The first kappa shape index (κ1) is 29.7. The van der Waals surface area contributed by atoms with Crippen LogP contribution in [0, 0.1) is 0 Å². The van der Waals surface area contributed by atoms with Crippen LogP contribution in [0.3, 0.4) is 0 Å². The van der Waals surface area contributed by atoms with Gasteiger partial charge in [-0.1, -0.05) is 84.9 Å². The fourth-order valence-electron chi connectivity index (χ4n) is 7.53. The van der Waals surface area contributed by atoms with E-state index in [0.29, 0.717) is 0 Å². The second-order valence-electron chi connectivity index (χ2n) is 12.8. The SMILES string of the molecule is c1ccc(N2c3ccccc3N(c3cc(-c4ccnc(N5c6ccccc6N(c6ccccc6)c6ccccc65)c4)ccn3)c3ccccc32)cc1. The second kappa shape index (κ2) is 12.3. The van der Waals surface area contributed by atoms with Crippen LogP contribution < -0.4 is 19.6 Å². The van der Waals surface area contributed by atoms with Crippen molar-refractivity contribution in [1.29, 1.82) is 0 Å². The third-order valence-electron chi connectivity index (χ3n) is 9.77. The zero-order valence-electron chi connectivity index (χ0n) is 28.2. The number of nitrogens with zero attached hydrogens (tertiary/aromatic N) is 6. The van der Waals surface area contributed by atoms with Crippen molar-refractivity contribution in [3.63, 3.8) is 0 Å². The lowest BCUT2D eigenvalue weighted by Crippen LogP contribution is -2.24. The Hall–Kier alpha value is -7.18. The van der Waals surface area contributed by atoms with Gasteiger partial charge < -0.3 is 9.80 Å². The summed E-state index contributed by atoms with van der Waals surface area (Å²) in [6, 6.07) is 63.7. The molecule has 0 saturated carbocycles. The number of pyridine rings is 2. The van der Waals surface area contributed by atoms with Crippen molar-refractivity contribution in [1.82, 2.24) is 9.97 Å². The van der Waals surface area contributed by atoms with Crippen LogP contribution in [0.2, 0.25) is 0 Å². The molecule has 0 spiro atoms. The highest BCUT2D eigenvalue weighted by atomic mass is 15.3. The molecule has 52 heavy (non-hydrogen) atoms. The number of fused-ring (bicyclic) bond motifs is 4. The monoisotopic (exact) mass is 668 g/mol. The molecule has 0 radical (unpaired) electrons. The van der Waals surface area contributed by atoms with Gasteiger partial charge in [-0.15, -0.1) is 0 Å². The summed E-state index contributed by atoms with van der Waals surface area (Å²) in [5.41, 5.74) is 13.0. The maximum Gasteiger partial charge on any atom is 0.138 e. The lowest BCUT2D eigenvalue weighted by molar-refractivity contribution is 1.12. The van der Waals surface area contributed by atoms with Gasteiger partial charge in [-0.25, -0.2) is 9.97 Å². The quantitative estimate of drug-likeness (QED) is 0.182. The van der Waals surface area contributed by atoms with E-state index in [1.165, 1.54) is 0 Å². The molecule has 2 aliphatic rings. The van der Waals surface area contributed by atoms with Crippen LogP contribution in [-0.4, -0.2) is 9.97 Å². The topological polar surface area (TPSA) is 38.7 Å². The normalized spacial score (nSPS) is 12.8.